The molecule has 1 aromatic rings. The van der Waals surface area contributed by atoms with Gasteiger partial charge in [-0.25, -0.2) is 0 Å². The lowest BCUT2D eigenvalue weighted by atomic mass is 10.4. The molecule has 0 radical (unpaired) electrons. The van der Waals surface area contributed by atoms with Gasteiger partial charge in [0.25, 0.3) is 0 Å². The Kier molecular flexibility index (Phi) is 7.12. The highest BCUT2D eigenvalue weighted by Crippen LogP contribution is 2.11. The SMILES string of the molecule is CCNc1cc(NCCC(=O)NCCOC)nc(N)n1. The highest BCUT2D eigenvalue weighted by atomic mass is 16.5. The van der Waals surface area contributed by atoms with Crippen LogP contribution in [0.3, 0.4) is 0 Å². The minimum atomic E-state index is -0.0384. The Labute approximate surface area is 118 Å². The van der Waals surface area contributed by atoms with E-state index < -0.39 is 0 Å². The molecular formula is C12H22N6O2. The summed E-state index contributed by atoms with van der Waals surface area (Å²) in [6, 6.07) is 1.75. The van der Waals surface area contributed by atoms with Crippen LogP contribution in [0.5, 0.6) is 0 Å². The van der Waals surface area contributed by atoms with Gasteiger partial charge in [0.1, 0.15) is 11.6 Å². The van der Waals surface area contributed by atoms with E-state index in [0.29, 0.717) is 37.8 Å². The van der Waals surface area contributed by atoms with E-state index in [9.17, 15) is 4.79 Å². The fraction of sp³-hybridized carbons (Fsp3) is 0.583. The lowest BCUT2D eigenvalue weighted by molar-refractivity contribution is -0.121. The maximum Gasteiger partial charge on any atom is 0.223 e. The van der Waals surface area contributed by atoms with Crippen molar-refractivity contribution in [1.29, 1.82) is 0 Å². The average molecular weight is 282 g/mol. The van der Waals surface area contributed by atoms with Crippen molar-refractivity contribution in [2.45, 2.75) is 13.3 Å². The van der Waals surface area contributed by atoms with Gasteiger partial charge in [0.05, 0.1) is 6.61 Å². The maximum atomic E-state index is 11.5. The highest BCUT2D eigenvalue weighted by Gasteiger charge is 2.03. The normalized spacial score (nSPS) is 10.1. The second-order valence-corrected chi connectivity index (χ2v) is 4.05. The standard InChI is InChI=1S/C12H22N6O2/c1-3-14-9-8-10(18-12(13)17-9)15-5-4-11(19)16-6-7-20-2/h8H,3-7H2,1-2H3,(H,16,19)(H4,13,14,15,17,18). The molecule has 1 aromatic heterocycles. The number of nitrogens with two attached hydrogens (primary N) is 1. The third kappa shape index (κ3) is 6.19. The van der Waals surface area contributed by atoms with Gasteiger partial charge in [-0.2, -0.15) is 9.97 Å². The molecule has 20 heavy (non-hydrogen) atoms. The Balaban J connectivity index is 2.36. The van der Waals surface area contributed by atoms with Gasteiger partial charge in [-0.1, -0.05) is 0 Å². The average Bonchev–Trinajstić information content (AvgIpc) is 2.39. The fourth-order valence-electron chi connectivity index (χ4n) is 1.51. The molecule has 0 saturated carbocycles. The number of nitrogen functional groups attached to an aromatic ring is 1. The van der Waals surface area contributed by atoms with Crippen LogP contribution in [0.4, 0.5) is 17.6 Å². The van der Waals surface area contributed by atoms with Gasteiger partial charge in [-0.3, -0.25) is 4.79 Å². The molecule has 1 heterocycles. The number of carbonyl (C=O) groups is 1. The van der Waals surface area contributed by atoms with Crippen LogP contribution in [0, 0.1) is 0 Å². The highest BCUT2D eigenvalue weighted by molar-refractivity contribution is 5.76. The van der Waals surface area contributed by atoms with Crippen LogP contribution in [0.2, 0.25) is 0 Å². The van der Waals surface area contributed by atoms with Crippen LogP contribution < -0.4 is 21.7 Å². The summed E-state index contributed by atoms with van der Waals surface area (Å²) in [5.41, 5.74) is 5.61. The molecule has 0 saturated heterocycles. The van der Waals surface area contributed by atoms with Crippen LogP contribution in [0.25, 0.3) is 0 Å². The van der Waals surface area contributed by atoms with Gasteiger partial charge in [0, 0.05) is 39.2 Å². The number of hydrogen-bond donors (Lipinski definition) is 4. The molecule has 8 heteroatoms. The van der Waals surface area contributed by atoms with E-state index in [2.05, 4.69) is 25.9 Å². The van der Waals surface area contributed by atoms with E-state index in [-0.39, 0.29) is 11.9 Å². The third-order valence-electron chi connectivity index (χ3n) is 2.39. The van der Waals surface area contributed by atoms with Gasteiger partial charge < -0.3 is 26.4 Å². The number of carbonyl (C=O) groups excluding carboxylic acids is 1. The quantitative estimate of drug-likeness (QED) is 0.473. The zero-order valence-corrected chi connectivity index (χ0v) is 11.9. The Bertz CT molecular complexity index is 426. The Morgan fingerprint density at radius 2 is 2.00 bits per heavy atom. The summed E-state index contributed by atoms with van der Waals surface area (Å²) in [7, 11) is 1.59. The van der Waals surface area contributed by atoms with Gasteiger partial charge in [-0.05, 0) is 6.92 Å². The van der Waals surface area contributed by atoms with Crippen LogP contribution in [0.15, 0.2) is 6.07 Å². The molecule has 5 N–H and O–H groups in total. The van der Waals surface area contributed by atoms with E-state index in [1.807, 2.05) is 6.92 Å². The minimum Gasteiger partial charge on any atom is -0.383 e. The number of nitrogens with zero attached hydrogens (tertiary/aromatic N) is 2. The zero-order chi connectivity index (χ0) is 14.8. The monoisotopic (exact) mass is 282 g/mol. The Morgan fingerprint density at radius 3 is 2.65 bits per heavy atom. The number of hydrogen-bond acceptors (Lipinski definition) is 7. The molecule has 0 fully saturated rings. The second kappa shape index (κ2) is 8.92. The smallest absolute Gasteiger partial charge is 0.223 e. The zero-order valence-electron chi connectivity index (χ0n) is 11.9. The van der Waals surface area contributed by atoms with Crippen molar-refractivity contribution in [3.05, 3.63) is 6.07 Å². The van der Waals surface area contributed by atoms with Gasteiger partial charge in [0.2, 0.25) is 11.9 Å². The molecule has 8 nitrogen and oxygen atoms in total. The molecule has 0 aromatic carbocycles. The molecule has 0 atom stereocenters. The van der Waals surface area contributed by atoms with Crippen LogP contribution in [-0.4, -0.2) is 49.2 Å². The fourth-order valence-corrected chi connectivity index (χ4v) is 1.51. The molecule has 0 bridgehead atoms. The minimum absolute atomic E-state index is 0.0384. The van der Waals surface area contributed by atoms with Gasteiger partial charge in [0.15, 0.2) is 0 Å². The summed E-state index contributed by atoms with van der Waals surface area (Å²) >= 11 is 0. The largest absolute Gasteiger partial charge is 0.383 e. The summed E-state index contributed by atoms with van der Waals surface area (Å²) in [6.07, 6.45) is 0.351. The van der Waals surface area contributed by atoms with E-state index in [1.165, 1.54) is 0 Å². The molecule has 1 rings (SSSR count). The summed E-state index contributed by atoms with van der Waals surface area (Å²) in [4.78, 5) is 19.6. The lowest BCUT2D eigenvalue weighted by Crippen LogP contribution is -2.28. The summed E-state index contributed by atoms with van der Waals surface area (Å²) in [5.74, 6) is 1.41. The summed E-state index contributed by atoms with van der Waals surface area (Å²) < 4.78 is 4.85. The number of ether oxygens (including phenoxy) is 1. The van der Waals surface area contributed by atoms with Crippen molar-refractivity contribution >= 4 is 23.5 Å². The van der Waals surface area contributed by atoms with E-state index >= 15 is 0 Å². The predicted molar refractivity (Wildman–Crippen MR) is 78.6 cm³/mol. The number of methoxy groups -OCH3 is 1. The van der Waals surface area contributed by atoms with Gasteiger partial charge in [-0.15, -0.1) is 0 Å². The lowest BCUT2D eigenvalue weighted by Gasteiger charge is -2.09. The van der Waals surface area contributed by atoms with Crippen molar-refractivity contribution in [2.75, 3.05) is 49.7 Å². The Hall–Kier alpha value is -2.09. The number of aromatic nitrogens is 2. The first-order valence-corrected chi connectivity index (χ1v) is 6.53. The maximum absolute atomic E-state index is 11.5. The first kappa shape index (κ1) is 16.0. The molecule has 0 aliphatic rings. The van der Waals surface area contributed by atoms with Crippen LogP contribution in [-0.2, 0) is 9.53 Å². The van der Waals surface area contributed by atoms with E-state index in [1.54, 1.807) is 13.2 Å². The first-order valence-electron chi connectivity index (χ1n) is 6.53. The van der Waals surface area contributed by atoms with Gasteiger partial charge >= 0.3 is 0 Å². The predicted octanol–water partition coefficient (Wildman–Crippen LogP) is 0.0552. The number of nitrogens with one attached hydrogen (secondary N) is 3. The van der Waals surface area contributed by atoms with Crippen molar-refractivity contribution in [2.24, 2.45) is 0 Å². The summed E-state index contributed by atoms with van der Waals surface area (Å²) in [6.45, 7) is 4.21. The summed E-state index contributed by atoms with van der Waals surface area (Å²) in [5, 5.41) is 8.84. The Morgan fingerprint density at radius 1 is 1.30 bits per heavy atom. The van der Waals surface area contributed by atoms with Crippen molar-refractivity contribution in [3.8, 4) is 0 Å². The van der Waals surface area contributed by atoms with Crippen molar-refractivity contribution < 1.29 is 9.53 Å². The van der Waals surface area contributed by atoms with E-state index in [0.717, 1.165) is 6.54 Å². The number of amides is 1. The molecule has 112 valence electrons. The molecule has 1 amide bonds. The van der Waals surface area contributed by atoms with Crippen molar-refractivity contribution in [3.63, 3.8) is 0 Å². The molecule has 0 aliphatic carbocycles. The van der Waals surface area contributed by atoms with E-state index in [4.69, 9.17) is 10.5 Å². The molecule has 0 spiro atoms. The van der Waals surface area contributed by atoms with Crippen LogP contribution in [0.1, 0.15) is 13.3 Å². The topological polar surface area (TPSA) is 114 Å². The molecule has 0 aliphatic heterocycles. The number of anilines is 3. The molecular weight excluding hydrogens is 260 g/mol. The van der Waals surface area contributed by atoms with Crippen molar-refractivity contribution in [1.82, 2.24) is 15.3 Å². The first-order chi connectivity index (χ1) is 9.65. The number of rotatable bonds is 9. The third-order valence-corrected chi connectivity index (χ3v) is 2.39. The second-order valence-electron chi connectivity index (χ2n) is 4.05. The molecule has 0 unspecified atom stereocenters. The van der Waals surface area contributed by atoms with Crippen LogP contribution >= 0.6 is 0 Å².